The van der Waals surface area contributed by atoms with Crippen LogP contribution in [-0.2, 0) is 16.0 Å². The number of non-ortho nitro benzene ring substituents is 1. The molecule has 8 nitrogen and oxygen atoms in total. The average molecular weight is 434 g/mol. The third-order valence-corrected chi connectivity index (χ3v) is 4.70. The van der Waals surface area contributed by atoms with E-state index in [-0.39, 0.29) is 28.8 Å². The van der Waals surface area contributed by atoms with Crippen LogP contribution in [0.5, 0.6) is 0 Å². The van der Waals surface area contributed by atoms with Crippen molar-refractivity contribution in [3.63, 3.8) is 0 Å². The number of pyridine rings is 1. The molecule has 0 radical (unpaired) electrons. The number of nitrogens with zero attached hydrogens (tertiary/aromatic N) is 2. The Kier molecular flexibility index (Phi) is 8.29. The molecular weight excluding hydrogens is 410 g/mol. The molecule has 9 heteroatoms. The van der Waals surface area contributed by atoms with Gasteiger partial charge in [-0.3, -0.25) is 19.9 Å². The van der Waals surface area contributed by atoms with Crippen LogP contribution in [0.2, 0.25) is 5.02 Å². The highest BCUT2D eigenvalue weighted by atomic mass is 35.5. The lowest BCUT2D eigenvalue weighted by Crippen LogP contribution is -2.45. The number of nitrogens with one attached hydrogen (secondary N) is 1. The second kappa shape index (κ2) is 10.7. The summed E-state index contributed by atoms with van der Waals surface area (Å²) >= 11 is 6.00. The molecule has 0 aliphatic rings. The average Bonchev–Trinajstić information content (AvgIpc) is 2.68. The maximum absolute atomic E-state index is 12.5. The van der Waals surface area contributed by atoms with Crippen molar-refractivity contribution in [1.82, 2.24) is 10.3 Å². The van der Waals surface area contributed by atoms with Crippen LogP contribution in [0.4, 0.5) is 5.69 Å². The van der Waals surface area contributed by atoms with Crippen molar-refractivity contribution in [2.45, 2.75) is 39.7 Å². The number of esters is 1. The summed E-state index contributed by atoms with van der Waals surface area (Å²) in [6, 6.07) is 8.42. The van der Waals surface area contributed by atoms with Crippen molar-refractivity contribution in [2.24, 2.45) is 5.92 Å². The molecule has 0 aliphatic heterocycles. The summed E-state index contributed by atoms with van der Waals surface area (Å²) < 4.78 is 5.33. The Bertz CT molecular complexity index is 933. The van der Waals surface area contributed by atoms with E-state index in [0.717, 1.165) is 17.5 Å². The van der Waals surface area contributed by atoms with E-state index >= 15 is 0 Å². The van der Waals surface area contributed by atoms with Gasteiger partial charge in [-0.25, -0.2) is 4.79 Å². The van der Waals surface area contributed by atoms with Crippen LogP contribution in [0.3, 0.4) is 0 Å². The SMILES string of the molecule is Cc1cccc(CCCOC(=O)C(NC(=O)c2ccc([N+](=O)[O-])cc2Cl)C(C)C)n1. The Hall–Kier alpha value is -3.00. The van der Waals surface area contributed by atoms with E-state index in [2.05, 4.69) is 10.3 Å². The summed E-state index contributed by atoms with van der Waals surface area (Å²) in [7, 11) is 0. The van der Waals surface area contributed by atoms with Crippen molar-refractivity contribution in [3.05, 3.63) is 68.5 Å². The number of nitro benzene ring substituents is 1. The predicted octanol–water partition coefficient (Wildman–Crippen LogP) is 3.88. The molecule has 1 N–H and O–H groups in total. The Morgan fingerprint density at radius 1 is 1.27 bits per heavy atom. The molecule has 1 atom stereocenters. The molecule has 1 heterocycles. The lowest BCUT2D eigenvalue weighted by molar-refractivity contribution is -0.384. The van der Waals surface area contributed by atoms with Gasteiger partial charge in [-0.1, -0.05) is 31.5 Å². The van der Waals surface area contributed by atoms with Crippen LogP contribution in [-0.4, -0.2) is 34.4 Å². The summed E-state index contributed by atoms with van der Waals surface area (Å²) in [5.41, 5.74) is 1.68. The lowest BCUT2D eigenvalue weighted by atomic mass is 10.0. The second-order valence-corrected chi connectivity index (χ2v) is 7.56. The molecule has 1 aromatic carbocycles. The Morgan fingerprint density at radius 2 is 2.00 bits per heavy atom. The number of halogens is 1. The van der Waals surface area contributed by atoms with Crippen LogP contribution in [0, 0.1) is 23.0 Å². The smallest absolute Gasteiger partial charge is 0.328 e. The van der Waals surface area contributed by atoms with Crippen molar-refractivity contribution >= 4 is 29.2 Å². The zero-order chi connectivity index (χ0) is 22.3. The first-order valence-electron chi connectivity index (χ1n) is 9.53. The third kappa shape index (κ3) is 6.52. The zero-order valence-corrected chi connectivity index (χ0v) is 17.8. The van der Waals surface area contributed by atoms with Gasteiger partial charge in [0.05, 0.1) is 22.1 Å². The van der Waals surface area contributed by atoms with Crippen LogP contribution < -0.4 is 5.32 Å². The number of carbonyl (C=O) groups is 2. The number of hydrogen-bond donors (Lipinski definition) is 1. The van der Waals surface area contributed by atoms with E-state index in [1.807, 2.05) is 25.1 Å². The number of ether oxygens (including phenoxy) is 1. The van der Waals surface area contributed by atoms with Crippen LogP contribution in [0.15, 0.2) is 36.4 Å². The van der Waals surface area contributed by atoms with Gasteiger partial charge in [0.1, 0.15) is 6.04 Å². The van der Waals surface area contributed by atoms with E-state index in [9.17, 15) is 19.7 Å². The number of rotatable bonds is 9. The molecule has 2 rings (SSSR count). The molecule has 1 amide bonds. The largest absolute Gasteiger partial charge is 0.464 e. The molecule has 0 bridgehead atoms. The standard InChI is InChI=1S/C21H24ClN3O5/c1-13(2)19(21(27)30-11-5-8-15-7-4-6-14(3)23-15)24-20(26)17-10-9-16(25(28)29)12-18(17)22/h4,6-7,9-10,12-13,19H,5,8,11H2,1-3H3,(H,24,26). The van der Waals surface area contributed by atoms with Crippen LogP contribution >= 0.6 is 11.6 Å². The molecule has 0 spiro atoms. The Labute approximate surface area is 179 Å². The highest BCUT2D eigenvalue weighted by Gasteiger charge is 2.27. The molecule has 0 aliphatic carbocycles. The molecular formula is C21H24ClN3O5. The first-order chi connectivity index (χ1) is 14.2. The van der Waals surface area contributed by atoms with Gasteiger partial charge in [0.25, 0.3) is 11.6 Å². The van der Waals surface area contributed by atoms with Gasteiger partial charge in [0, 0.05) is 23.5 Å². The molecule has 0 saturated carbocycles. The fraction of sp³-hybridized carbons (Fsp3) is 0.381. The van der Waals surface area contributed by atoms with Gasteiger partial charge in [-0.2, -0.15) is 0 Å². The molecule has 30 heavy (non-hydrogen) atoms. The maximum atomic E-state index is 12.5. The Balaban J connectivity index is 1.93. The highest BCUT2D eigenvalue weighted by molar-refractivity contribution is 6.34. The van der Waals surface area contributed by atoms with E-state index in [1.165, 1.54) is 12.1 Å². The summed E-state index contributed by atoms with van der Waals surface area (Å²) in [5.74, 6) is -1.38. The van der Waals surface area contributed by atoms with Gasteiger partial charge in [0.2, 0.25) is 0 Å². The second-order valence-electron chi connectivity index (χ2n) is 7.16. The summed E-state index contributed by atoms with van der Waals surface area (Å²) in [4.78, 5) is 39.6. The van der Waals surface area contributed by atoms with E-state index in [1.54, 1.807) is 13.8 Å². The van der Waals surface area contributed by atoms with Crippen molar-refractivity contribution in [3.8, 4) is 0 Å². The minimum atomic E-state index is -0.874. The predicted molar refractivity (Wildman–Crippen MR) is 112 cm³/mol. The number of hydrogen-bond acceptors (Lipinski definition) is 6. The zero-order valence-electron chi connectivity index (χ0n) is 17.1. The van der Waals surface area contributed by atoms with Crippen molar-refractivity contribution in [1.29, 1.82) is 0 Å². The summed E-state index contributed by atoms with van der Waals surface area (Å²) in [6.07, 6.45) is 1.28. The maximum Gasteiger partial charge on any atom is 0.328 e. The fourth-order valence-electron chi connectivity index (χ4n) is 2.77. The first kappa shape index (κ1) is 23.3. The highest BCUT2D eigenvalue weighted by Crippen LogP contribution is 2.22. The van der Waals surface area contributed by atoms with Gasteiger partial charge < -0.3 is 10.1 Å². The first-order valence-corrected chi connectivity index (χ1v) is 9.90. The van der Waals surface area contributed by atoms with Gasteiger partial charge in [-0.15, -0.1) is 0 Å². The van der Waals surface area contributed by atoms with E-state index < -0.39 is 22.8 Å². The van der Waals surface area contributed by atoms with Gasteiger partial charge >= 0.3 is 5.97 Å². The van der Waals surface area contributed by atoms with E-state index in [0.29, 0.717) is 12.8 Å². The van der Waals surface area contributed by atoms with Gasteiger partial charge in [0.15, 0.2) is 0 Å². The van der Waals surface area contributed by atoms with Crippen LogP contribution in [0.25, 0.3) is 0 Å². The van der Waals surface area contributed by atoms with Crippen molar-refractivity contribution < 1.29 is 19.2 Å². The third-order valence-electron chi connectivity index (χ3n) is 4.38. The minimum absolute atomic E-state index is 0.0474. The summed E-state index contributed by atoms with van der Waals surface area (Å²) in [5, 5.41) is 13.3. The molecule has 1 aromatic heterocycles. The number of benzene rings is 1. The molecule has 1 unspecified atom stereocenters. The number of aryl methyl sites for hydroxylation is 2. The number of carbonyl (C=O) groups excluding carboxylic acids is 2. The molecule has 2 aromatic rings. The lowest BCUT2D eigenvalue weighted by Gasteiger charge is -2.21. The van der Waals surface area contributed by atoms with Crippen LogP contribution in [0.1, 0.15) is 42.0 Å². The number of amides is 1. The molecule has 0 saturated heterocycles. The normalized spacial score (nSPS) is 11.8. The minimum Gasteiger partial charge on any atom is -0.464 e. The fourth-order valence-corrected chi connectivity index (χ4v) is 3.03. The monoisotopic (exact) mass is 433 g/mol. The van der Waals surface area contributed by atoms with E-state index in [4.69, 9.17) is 16.3 Å². The quantitative estimate of drug-likeness (QED) is 0.278. The number of aromatic nitrogens is 1. The number of nitro groups is 1. The molecule has 0 fully saturated rings. The molecule has 160 valence electrons. The topological polar surface area (TPSA) is 111 Å². The van der Waals surface area contributed by atoms with Crippen molar-refractivity contribution in [2.75, 3.05) is 6.61 Å². The Morgan fingerprint density at radius 3 is 2.60 bits per heavy atom. The van der Waals surface area contributed by atoms with Gasteiger partial charge in [-0.05, 0) is 43.9 Å². The summed E-state index contributed by atoms with van der Waals surface area (Å²) in [6.45, 7) is 5.67.